The summed E-state index contributed by atoms with van der Waals surface area (Å²) in [6.45, 7) is 2.36. The highest BCUT2D eigenvalue weighted by molar-refractivity contribution is 9.09. The molecule has 0 spiro atoms. The molecule has 0 aliphatic heterocycles. The smallest absolute Gasteiger partial charge is 0.0600 e. The maximum atomic E-state index is 6.02. The summed E-state index contributed by atoms with van der Waals surface area (Å²) in [5.74, 6) is 0.935. The Labute approximate surface area is 89.4 Å². The van der Waals surface area contributed by atoms with Gasteiger partial charge in [0.05, 0.1) is 12.2 Å². The molecular formula is C11H19BrO. The van der Waals surface area contributed by atoms with Crippen LogP contribution in [0.1, 0.15) is 45.4 Å². The van der Waals surface area contributed by atoms with E-state index in [1.807, 2.05) is 0 Å². The Kier molecular flexibility index (Phi) is 3.31. The molecule has 0 aromatic carbocycles. The number of ether oxygens (including phenoxy) is 1. The normalized spacial score (nSPS) is 45.7. The van der Waals surface area contributed by atoms with Crippen LogP contribution in [0.15, 0.2) is 0 Å². The second-order valence-electron chi connectivity index (χ2n) is 4.71. The van der Waals surface area contributed by atoms with Crippen molar-refractivity contribution in [1.29, 1.82) is 0 Å². The van der Waals surface area contributed by atoms with Gasteiger partial charge >= 0.3 is 0 Å². The molecule has 0 bridgehead atoms. The topological polar surface area (TPSA) is 9.23 Å². The molecule has 0 radical (unpaired) electrons. The first-order chi connectivity index (χ1) is 6.24. The molecule has 0 amide bonds. The molecule has 2 aliphatic carbocycles. The molecule has 0 N–H and O–H groups in total. The van der Waals surface area contributed by atoms with Gasteiger partial charge in [-0.3, -0.25) is 0 Å². The molecule has 1 nitrogen and oxygen atoms in total. The van der Waals surface area contributed by atoms with Gasteiger partial charge in [-0.05, 0) is 44.4 Å². The molecule has 2 aliphatic rings. The molecule has 2 saturated carbocycles. The van der Waals surface area contributed by atoms with Crippen molar-refractivity contribution < 1.29 is 4.74 Å². The van der Waals surface area contributed by atoms with Gasteiger partial charge in [0, 0.05) is 4.83 Å². The molecule has 0 aromatic rings. The molecule has 0 saturated heterocycles. The molecule has 2 rings (SSSR count). The monoisotopic (exact) mass is 246 g/mol. The van der Waals surface area contributed by atoms with E-state index in [1.165, 1.54) is 38.5 Å². The third-order valence-electron chi connectivity index (χ3n) is 3.39. The van der Waals surface area contributed by atoms with Crippen molar-refractivity contribution in [2.75, 3.05) is 0 Å². The van der Waals surface area contributed by atoms with Crippen LogP contribution in [-0.2, 0) is 4.74 Å². The summed E-state index contributed by atoms with van der Waals surface area (Å²) in [4.78, 5) is 0.736. The van der Waals surface area contributed by atoms with Crippen molar-refractivity contribution in [2.45, 2.75) is 62.5 Å². The SMILES string of the molecule is CC1CCC(OC2CC(Br)C2)CC1. The number of halogens is 1. The highest BCUT2D eigenvalue weighted by atomic mass is 79.9. The van der Waals surface area contributed by atoms with Crippen molar-refractivity contribution in [1.82, 2.24) is 0 Å². The molecule has 2 heteroatoms. The minimum absolute atomic E-state index is 0.572. The summed E-state index contributed by atoms with van der Waals surface area (Å²) in [6, 6.07) is 0. The first-order valence-electron chi connectivity index (χ1n) is 5.53. The van der Waals surface area contributed by atoms with E-state index in [2.05, 4.69) is 22.9 Å². The number of alkyl halides is 1. The lowest BCUT2D eigenvalue weighted by Gasteiger charge is -2.36. The van der Waals surface area contributed by atoms with Crippen LogP contribution < -0.4 is 0 Å². The van der Waals surface area contributed by atoms with Gasteiger partial charge < -0.3 is 4.74 Å². The Balaban J connectivity index is 1.65. The van der Waals surface area contributed by atoms with E-state index in [0.29, 0.717) is 12.2 Å². The van der Waals surface area contributed by atoms with Gasteiger partial charge in [0.1, 0.15) is 0 Å². The Morgan fingerprint density at radius 2 is 1.62 bits per heavy atom. The Morgan fingerprint density at radius 1 is 1.00 bits per heavy atom. The number of hydrogen-bond acceptors (Lipinski definition) is 1. The van der Waals surface area contributed by atoms with E-state index < -0.39 is 0 Å². The van der Waals surface area contributed by atoms with Crippen molar-refractivity contribution in [3.63, 3.8) is 0 Å². The van der Waals surface area contributed by atoms with Crippen LogP contribution in [0.4, 0.5) is 0 Å². The highest BCUT2D eigenvalue weighted by Crippen LogP contribution is 2.34. The lowest BCUT2D eigenvalue weighted by atomic mass is 9.88. The zero-order valence-electron chi connectivity index (χ0n) is 8.34. The van der Waals surface area contributed by atoms with E-state index in [0.717, 1.165) is 10.7 Å². The van der Waals surface area contributed by atoms with Crippen LogP contribution in [0.2, 0.25) is 0 Å². The van der Waals surface area contributed by atoms with Crippen molar-refractivity contribution in [2.24, 2.45) is 5.92 Å². The van der Waals surface area contributed by atoms with Crippen LogP contribution in [0.25, 0.3) is 0 Å². The van der Waals surface area contributed by atoms with Gasteiger partial charge in [-0.2, -0.15) is 0 Å². The van der Waals surface area contributed by atoms with Crippen LogP contribution >= 0.6 is 15.9 Å². The average molecular weight is 247 g/mol. The second-order valence-corrected chi connectivity index (χ2v) is 6.00. The third kappa shape index (κ3) is 2.69. The van der Waals surface area contributed by atoms with Gasteiger partial charge in [-0.15, -0.1) is 0 Å². The maximum Gasteiger partial charge on any atom is 0.0600 e. The Bertz CT molecular complexity index is 157. The minimum atomic E-state index is 0.572. The fourth-order valence-electron chi connectivity index (χ4n) is 2.25. The zero-order chi connectivity index (χ0) is 9.26. The maximum absolute atomic E-state index is 6.02. The summed E-state index contributed by atoms with van der Waals surface area (Å²) in [6.07, 6.45) is 8.95. The number of hydrogen-bond donors (Lipinski definition) is 0. The third-order valence-corrected chi connectivity index (χ3v) is 4.13. The predicted molar refractivity (Wildman–Crippen MR) is 58.2 cm³/mol. The van der Waals surface area contributed by atoms with Crippen LogP contribution in [0.3, 0.4) is 0 Å². The van der Waals surface area contributed by atoms with Gasteiger partial charge in [0.25, 0.3) is 0 Å². The number of rotatable bonds is 2. The fourth-order valence-corrected chi connectivity index (χ4v) is 3.08. The lowest BCUT2D eigenvalue weighted by molar-refractivity contribution is -0.0654. The van der Waals surface area contributed by atoms with Crippen LogP contribution in [0, 0.1) is 5.92 Å². The standard InChI is InChI=1S/C11H19BrO/c1-8-2-4-10(5-3-8)13-11-6-9(12)7-11/h8-11H,2-7H2,1H3. The molecule has 76 valence electrons. The van der Waals surface area contributed by atoms with Gasteiger partial charge in [-0.1, -0.05) is 22.9 Å². The molecule has 0 aromatic heterocycles. The highest BCUT2D eigenvalue weighted by Gasteiger charge is 2.30. The van der Waals surface area contributed by atoms with Gasteiger partial charge in [-0.25, -0.2) is 0 Å². The summed E-state index contributed by atoms with van der Waals surface area (Å²) in [5, 5.41) is 0. The molecule has 0 atom stereocenters. The first-order valence-corrected chi connectivity index (χ1v) is 6.45. The molecule has 0 unspecified atom stereocenters. The zero-order valence-corrected chi connectivity index (χ0v) is 9.92. The Hall–Kier alpha value is 0.440. The minimum Gasteiger partial charge on any atom is -0.375 e. The van der Waals surface area contributed by atoms with Gasteiger partial charge in [0.15, 0.2) is 0 Å². The van der Waals surface area contributed by atoms with Crippen molar-refractivity contribution >= 4 is 15.9 Å². The summed E-state index contributed by atoms with van der Waals surface area (Å²) in [5.41, 5.74) is 0. The van der Waals surface area contributed by atoms with E-state index >= 15 is 0 Å². The van der Waals surface area contributed by atoms with Gasteiger partial charge in [0.2, 0.25) is 0 Å². The van der Waals surface area contributed by atoms with Crippen LogP contribution in [-0.4, -0.2) is 17.0 Å². The van der Waals surface area contributed by atoms with Crippen LogP contribution in [0.5, 0.6) is 0 Å². The van der Waals surface area contributed by atoms with E-state index in [4.69, 9.17) is 4.74 Å². The quantitative estimate of drug-likeness (QED) is 0.678. The fraction of sp³-hybridized carbons (Fsp3) is 1.00. The summed E-state index contributed by atoms with van der Waals surface area (Å²) >= 11 is 3.59. The van der Waals surface area contributed by atoms with E-state index in [1.54, 1.807) is 0 Å². The van der Waals surface area contributed by atoms with Crippen molar-refractivity contribution in [3.05, 3.63) is 0 Å². The largest absolute Gasteiger partial charge is 0.375 e. The van der Waals surface area contributed by atoms with E-state index in [-0.39, 0.29) is 0 Å². The lowest BCUT2D eigenvalue weighted by Crippen LogP contribution is -2.36. The Morgan fingerprint density at radius 3 is 2.15 bits per heavy atom. The van der Waals surface area contributed by atoms with E-state index in [9.17, 15) is 0 Å². The molecular weight excluding hydrogens is 228 g/mol. The second kappa shape index (κ2) is 4.31. The van der Waals surface area contributed by atoms with Crippen molar-refractivity contribution in [3.8, 4) is 0 Å². The predicted octanol–water partition coefficient (Wildman–Crippen LogP) is 3.51. The molecule has 0 heterocycles. The molecule has 13 heavy (non-hydrogen) atoms. The summed E-state index contributed by atoms with van der Waals surface area (Å²) in [7, 11) is 0. The first kappa shape index (κ1) is 9.97. The average Bonchev–Trinajstić information content (AvgIpc) is 2.06. The molecule has 2 fully saturated rings. The summed E-state index contributed by atoms with van der Waals surface area (Å²) < 4.78 is 6.02.